The van der Waals surface area contributed by atoms with E-state index in [2.05, 4.69) is 45.4 Å². The quantitative estimate of drug-likeness (QED) is 0.549. The third-order valence-electron chi connectivity index (χ3n) is 0.865. The summed E-state index contributed by atoms with van der Waals surface area (Å²) in [6.07, 6.45) is 2.60. The summed E-state index contributed by atoms with van der Waals surface area (Å²) in [5.74, 6) is 0. The second-order valence-electron chi connectivity index (χ2n) is 1.48. The molecule has 1 unspecified atom stereocenters. The van der Waals surface area contributed by atoms with E-state index < -0.39 is 0 Å². The van der Waals surface area contributed by atoms with Crippen LogP contribution in [0.1, 0.15) is 19.8 Å². The van der Waals surface area contributed by atoms with Gasteiger partial charge < -0.3 is 0 Å². The van der Waals surface area contributed by atoms with Gasteiger partial charge in [0.2, 0.25) is 0 Å². The standard InChI is InChI=1S/C5H10BrI/c1-2-5(7)3-4-6/h5H,2-4H2,1H3. The maximum absolute atomic E-state index is 3.39. The average molecular weight is 277 g/mol. The summed E-state index contributed by atoms with van der Waals surface area (Å²) in [4.78, 5) is 0. The van der Waals surface area contributed by atoms with E-state index in [9.17, 15) is 0 Å². The van der Waals surface area contributed by atoms with Crippen LogP contribution in [0.3, 0.4) is 0 Å². The minimum Gasteiger partial charge on any atom is -0.0928 e. The third-order valence-corrected chi connectivity index (χ3v) is 2.83. The lowest BCUT2D eigenvalue weighted by Crippen LogP contribution is -1.93. The van der Waals surface area contributed by atoms with Gasteiger partial charge in [0.15, 0.2) is 0 Å². The van der Waals surface area contributed by atoms with E-state index in [1.807, 2.05) is 0 Å². The van der Waals surface area contributed by atoms with E-state index in [1.165, 1.54) is 12.8 Å². The molecule has 0 saturated heterocycles. The second-order valence-corrected chi connectivity index (χ2v) is 4.04. The lowest BCUT2D eigenvalue weighted by Gasteiger charge is -1.99. The Balaban J connectivity index is 2.83. The van der Waals surface area contributed by atoms with Crippen LogP contribution in [0, 0.1) is 0 Å². The third kappa shape index (κ3) is 5.07. The fraction of sp³-hybridized carbons (Fsp3) is 1.00. The highest BCUT2D eigenvalue weighted by Gasteiger charge is 1.95. The van der Waals surface area contributed by atoms with Crippen LogP contribution in [0.5, 0.6) is 0 Å². The Bertz CT molecular complexity index is 39.1. The molecule has 0 aromatic heterocycles. The van der Waals surface area contributed by atoms with Gasteiger partial charge in [0, 0.05) is 9.25 Å². The molecule has 0 spiro atoms. The van der Waals surface area contributed by atoms with E-state index in [-0.39, 0.29) is 0 Å². The molecule has 0 heterocycles. The van der Waals surface area contributed by atoms with Gasteiger partial charge in [-0.2, -0.15) is 0 Å². The van der Waals surface area contributed by atoms with Crippen molar-refractivity contribution in [1.29, 1.82) is 0 Å². The maximum atomic E-state index is 3.39. The van der Waals surface area contributed by atoms with Gasteiger partial charge in [-0.1, -0.05) is 45.4 Å². The molecule has 7 heavy (non-hydrogen) atoms. The van der Waals surface area contributed by atoms with Gasteiger partial charge in [0.05, 0.1) is 0 Å². The van der Waals surface area contributed by atoms with Crippen LogP contribution in [0.2, 0.25) is 0 Å². The Kier molecular flexibility index (Phi) is 6.27. The summed E-state index contributed by atoms with van der Waals surface area (Å²) in [6, 6.07) is 0. The van der Waals surface area contributed by atoms with Crippen LogP contribution in [0.4, 0.5) is 0 Å². The molecule has 0 amide bonds. The lowest BCUT2D eigenvalue weighted by molar-refractivity contribution is 0.831. The molecule has 0 aliphatic carbocycles. The van der Waals surface area contributed by atoms with Gasteiger partial charge >= 0.3 is 0 Å². The zero-order valence-corrected chi connectivity index (χ0v) is 8.20. The molecule has 0 nitrogen and oxygen atoms in total. The number of rotatable bonds is 3. The SMILES string of the molecule is CCC(I)CCBr. The highest BCUT2D eigenvalue weighted by atomic mass is 127. The van der Waals surface area contributed by atoms with Crippen LogP contribution in [0.15, 0.2) is 0 Å². The van der Waals surface area contributed by atoms with Gasteiger partial charge in [0.1, 0.15) is 0 Å². The molecule has 0 rings (SSSR count). The van der Waals surface area contributed by atoms with E-state index in [0.717, 1.165) is 9.25 Å². The van der Waals surface area contributed by atoms with Crippen molar-refractivity contribution in [3.63, 3.8) is 0 Å². The van der Waals surface area contributed by atoms with Crippen molar-refractivity contribution in [2.75, 3.05) is 5.33 Å². The predicted molar refractivity (Wildman–Crippen MR) is 46.5 cm³/mol. The summed E-state index contributed by atoms with van der Waals surface area (Å²) in [6.45, 7) is 2.22. The van der Waals surface area contributed by atoms with E-state index in [0.29, 0.717) is 0 Å². The molecule has 0 aromatic rings. The van der Waals surface area contributed by atoms with Gasteiger partial charge in [-0.3, -0.25) is 0 Å². The molecule has 44 valence electrons. The topological polar surface area (TPSA) is 0 Å². The molecule has 0 radical (unpaired) electrons. The van der Waals surface area contributed by atoms with Crippen molar-refractivity contribution in [3.8, 4) is 0 Å². The molecule has 0 N–H and O–H groups in total. The Labute approximate surface area is 67.3 Å². The van der Waals surface area contributed by atoms with Crippen LogP contribution < -0.4 is 0 Å². The molecule has 1 atom stereocenters. The van der Waals surface area contributed by atoms with Crippen molar-refractivity contribution >= 4 is 38.5 Å². The molecule has 0 aromatic carbocycles. The molecular weight excluding hydrogens is 267 g/mol. The van der Waals surface area contributed by atoms with Gasteiger partial charge in [0.25, 0.3) is 0 Å². The first-order chi connectivity index (χ1) is 3.31. The van der Waals surface area contributed by atoms with Crippen molar-refractivity contribution in [1.82, 2.24) is 0 Å². The fourth-order valence-electron chi connectivity index (χ4n) is 0.323. The normalized spacial score (nSPS) is 14.1. The summed E-state index contributed by atoms with van der Waals surface area (Å²) < 4.78 is 0.872. The number of halogens is 2. The van der Waals surface area contributed by atoms with Crippen molar-refractivity contribution < 1.29 is 0 Å². The first-order valence-electron chi connectivity index (χ1n) is 2.51. The van der Waals surface area contributed by atoms with E-state index >= 15 is 0 Å². The highest BCUT2D eigenvalue weighted by Crippen LogP contribution is 2.10. The molecule has 0 saturated carbocycles. The molecule has 0 bridgehead atoms. The van der Waals surface area contributed by atoms with Crippen molar-refractivity contribution in [2.24, 2.45) is 0 Å². The molecule has 0 aliphatic rings. The zero-order chi connectivity index (χ0) is 5.70. The molecule has 2 heteroatoms. The van der Waals surface area contributed by atoms with Crippen molar-refractivity contribution in [2.45, 2.75) is 23.7 Å². The van der Waals surface area contributed by atoms with Crippen LogP contribution >= 0.6 is 38.5 Å². The van der Waals surface area contributed by atoms with Gasteiger partial charge in [-0.15, -0.1) is 0 Å². The smallest absolute Gasteiger partial charge is 0.0115 e. The minimum absolute atomic E-state index is 0.872. The highest BCUT2D eigenvalue weighted by molar-refractivity contribution is 14.1. The van der Waals surface area contributed by atoms with Crippen LogP contribution in [-0.4, -0.2) is 9.25 Å². The summed E-state index contributed by atoms with van der Waals surface area (Å²) in [5.41, 5.74) is 0. The number of hydrogen-bond donors (Lipinski definition) is 0. The number of hydrogen-bond acceptors (Lipinski definition) is 0. The molecular formula is C5H10BrI. The summed E-state index contributed by atoms with van der Waals surface area (Å²) in [7, 11) is 0. The Morgan fingerprint density at radius 2 is 2.29 bits per heavy atom. The summed E-state index contributed by atoms with van der Waals surface area (Å²) >= 11 is 5.86. The fourth-order valence-corrected chi connectivity index (χ4v) is 2.04. The molecule has 0 aliphatic heterocycles. The average Bonchev–Trinajstić information content (AvgIpc) is 1.68. The maximum Gasteiger partial charge on any atom is 0.0115 e. The Morgan fingerprint density at radius 1 is 1.71 bits per heavy atom. The number of alkyl halides is 2. The lowest BCUT2D eigenvalue weighted by atomic mass is 10.3. The first kappa shape index (κ1) is 8.21. The largest absolute Gasteiger partial charge is 0.0928 e. The Morgan fingerprint density at radius 3 is 2.43 bits per heavy atom. The van der Waals surface area contributed by atoms with Crippen LogP contribution in [0.25, 0.3) is 0 Å². The monoisotopic (exact) mass is 276 g/mol. The second kappa shape index (κ2) is 5.35. The van der Waals surface area contributed by atoms with Gasteiger partial charge in [-0.05, 0) is 12.8 Å². The zero-order valence-electron chi connectivity index (χ0n) is 4.45. The minimum atomic E-state index is 0.872. The first-order valence-corrected chi connectivity index (χ1v) is 4.88. The van der Waals surface area contributed by atoms with E-state index in [1.54, 1.807) is 0 Å². The van der Waals surface area contributed by atoms with Crippen molar-refractivity contribution in [3.05, 3.63) is 0 Å². The van der Waals surface area contributed by atoms with Gasteiger partial charge in [-0.25, -0.2) is 0 Å². The molecule has 0 fully saturated rings. The van der Waals surface area contributed by atoms with E-state index in [4.69, 9.17) is 0 Å². The van der Waals surface area contributed by atoms with Crippen LogP contribution in [-0.2, 0) is 0 Å². The summed E-state index contributed by atoms with van der Waals surface area (Å²) in [5, 5.41) is 1.15. The Hall–Kier alpha value is 1.21. The predicted octanol–water partition coefficient (Wildman–Crippen LogP) is 2.99.